The third kappa shape index (κ3) is 4.18. The molecule has 0 N–H and O–H groups in total. The second-order valence-electron chi connectivity index (χ2n) is 3.60. The zero-order chi connectivity index (χ0) is 8.20. The van der Waals surface area contributed by atoms with Gasteiger partial charge in [-0.25, -0.2) is 0 Å². The lowest BCUT2D eigenvalue weighted by Crippen LogP contribution is -2.26. The van der Waals surface area contributed by atoms with Crippen molar-refractivity contribution in [1.29, 1.82) is 0 Å². The highest BCUT2D eigenvalue weighted by Gasteiger charge is 2.19. The Labute approximate surface area is 69.6 Å². The molecular weight excluding hydrogens is 144 g/mol. The molecule has 1 nitrogen and oxygen atoms in total. The largest absolute Gasteiger partial charge is 0.377 e. The Morgan fingerprint density at radius 2 is 1.90 bits per heavy atom. The molecule has 0 aromatic heterocycles. The van der Waals surface area contributed by atoms with Crippen LogP contribution in [0.5, 0.6) is 0 Å². The van der Waals surface area contributed by atoms with Crippen molar-refractivity contribution in [1.82, 2.24) is 0 Å². The molecule has 0 aliphatic heterocycles. The molecule has 62 valence electrons. The molecule has 0 aromatic carbocycles. The van der Waals surface area contributed by atoms with Crippen LogP contribution in [0, 0.1) is 5.41 Å². The minimum absolute atomic E-state index is 0.253. The number of rotatable bonds is 3. The maximum absolute atomic E-state index is 5.48. The molecule has 0 radical (unpaired) electrons. The standard InChI is InChI=1S/C8H18OS/c1-7(8(2,3)4)9-5-6-10/h7,10H,5-6H2,1-4H3. The van der Waals surface area contributed by atoms with Crippen LogP contribution in [-0.4, -0.2) is 18.5 Å². The molecule has 0 aliphatic carbocycles. The van der Waals surface area contributed by atoms with E-state index in [4.69, 9.17) is 4.74 Å². The lowest BCUT2D eigenvalue weighted by Gasteiger charge is -2.26. The summed E-state index contributed by atoms with van der Waals surface area (Å²) in [7, 11) is 0. The fraction of sp³-hybridized carbons (Fsp3) is 1.00. The quantitative estimate of drug-likeness (QED) is 0.627. The van der Waals surface area contributed by atoms with Crippen molar-refractivity contribution in [3.05, 3.63) is 0 Å². The van der Waals surface area contributed by atoms with Gasteiger partial charge >= 0.3 is 0 Å². The van der Waals surface area contributed by atoms with Crippen molar-refractivity contribution in [2.75, 3.05) is 12.4 Å². The zero-order valence-electron chi connectivity index (χ0n) is 7.35. The monoisotopic (exact) mass is 162 g/mol. The van der Waals surface area contributed by atoms with Gasteiger partial charge in [-0.05, 0) is 12.3 Å². The maximum Gasteiger partial charge on any atom is 0.0595 e. The highest BCUT2D eigenvalue weighted by molar-refractivity contribution is 7.80. The fourth-order valence-electron chi connectivity index (χ4n) is 0.479. The van der Waals surface area contributed by atoms with E-state index in [0.717, 1.165) is 12.4 Å². The topological polar surface area (TPSA) is 9.23 Å². The van der Waals surface area contributed by atoms with Gasteiger partial charge in [-0.2, -0.15) is 12.6 Å². The van der Waals surface area contributed by atoms with Crippen LogP contribution in [0.15, 0.2) is 0 Å². The van der Waals surface area contributed by atoms with Gasteiger partial charge in [0.1, 0.15) is 0 Å². The van der Waals surface area contributed by atoms with Crippen LogP contribution in [0.4, 0.5) is 0 Å². The van der Waals surface area contributed by atoms with Gasteiger partial charge in [-0.3, -0.25) is 0 Å². The van der Waals surface area contributed by atoms with Crippen molar-refractivity contribution in [3.8, 4) is 0 Å². The molecule has 2 heteroatoms. The number of hydrogen-bond donors (Lipinski definition) is 1. The lowest BCUT2D eigenvalue weighted by molar-refractivity contribution is 0.00375. The summed E-state index contributed by atoms with van der Waals surface area (Å²) in [6, 6.07) is 0. The summed E-state index contributed by atoms with van der Waals surface area (Å²) < 4.78 is 5.48. The second kappa shape index (κ2) is 4.24. The van der Waals surface area contributed by atoms with E-state index in [0.29, 0.717) is 6.10 Å². The average Bonchev–Trinajstić information content (AvgIpc) is 1.80. The molecular formula is C8H18OS. The number of ether oxygens (including phenoxy) is 1. The van der Waals surface area contributed by atoms with Crippen LogP contribution in [0.25, 0.3) is 0 Å². The van der Waals surface area contributed by atoms with Crippen LogP contribution in [0.1, 0.15) is 27.7 Å². The third-order valence-corrected chi connectivity index (χ3v) is 1.86. The summed E-state index contributed by atoms with van der Waals surface area (Å²) in [5.41, 5.74) is 0.253. The Morgan fingerprint density at radius 1 is 1.40 bits per heavy atom. The smallest absolute Gasteiger partial charge is 0.0595 e. The Hall–Kier alpha value is 0.310. The molecule has 1 atom stereocenters. The normalized spacial score (nSPS) is 15.3. The van der Waals surface area contributed by atoms with Crippen molar-refractivity contribution >= 4 is 12.6 Å². The molecule has 0 amide bonds. The average molecular weight is 162 g/mol. The van der Waals surface area contributed by atoms with E-state index >= 15 is 0 Å². The SMILES string of the molecule is CC(OCCS)C(C)(C)C. The highest BCUT2D eigenvalue weighted by Crippen LogP contribution is 2.21. The van der Waals surface area contributed by atoms with Crippen LogP contribution in [0.2, 0.25) is 0 Å². The van der Waals surface area contributed by atoms with Crippen molar-refractivity contribution in [2.45, 2.75) is 33.8 Å². The predicted molar refractivity (Wildman–Crippen MR) is 48.7 cm³/mol. The van der Waals surface area contributed by atoms with Crippen molar-refractivity contribution in [3.63, 3.8) is 0 Å². The lowest BCUT2D eigenvalue weighted by atomic mass is 9.90. The Morgan fingerprint density at radius 3 is 2.20 bits per heavy atom. The van der Waals surface area contributed by atoms with Gasteiger partial charge in [0.15, 0.2) is 0 Å². The van der Waals surface area contributed by atoms with Gasteiger partial charge in [0.2, 0.25) is 0 Å². The van der Waals surface area contributed by atoms with Crippen LogP contribution in [-0.2, 0) is 4.74 Å². The summed E-state index contributed by atoms with van der Waals surface area (Å²) >= 11 is 4.07. The molecule has 0 rings (SSSR count). The zero-order valence-corrected chi connectivity index (χ0v) is 8.24. The molecule has 0 bridgehead atoms. The van der Waals surface area contributed by atoms with Crippen LogP contribution >= 0.6 is 12.6 Å². The Bertz CT molecular complexity index is 85.7. The van der Waals surface area contributed by atoms with E-state index in [-0.39, 0.29) is 5.41 Å². The number of hydrogen-bond acceptors (Lipinski definition) is 2. The summed E-state index contributed by atoms with van der Waals surface area (Å²) in [4.78, 5) is 0. The molecule has 0 aromatic rings. The summed E-state index contributed by atoms with van der Waals surface area (Å²) in [6.45, 7) is 9.38. The molecule has 1 unspecified atom stereocenters. The van der Waals surface area contributed by atoms with E-state index in [1.807, 2.05) is 0 Å². The summed E-state index contributed by atoms with van der Waals surface area (Å²) in [6.07, 6.45) is 0.319. The molecule has 0 saturated heterocycles. The first-order chi connectivity index (χ1) is 4.48. The third-order valence-electron chi connectivity index (χ3n) is 1.68. The van der Waals surface area contributed by atoms with Gasteiger partial charge < -0.3 is 4.74 Å². The molecule has 0 fully saturated rings. The molecule has 0 saturated carbocycles. The summed E-state index contributed by atoms with van der Waals surface area (Å²) in [5, 5.41) is 0. The van der Waals surface area contributed by atoms with Gasteiger partial charge in [0, 0.05) is 5.75 Å². The van der Waals surface area contributed by atoms with Crippen molar-refractivity contribution < 1.29 is 4.74 Å². The van der Waals surface area contributed by atoms with E-state index in [2.05, 4.69) is 40.3 Å². The van der Waals surface area contributed by atoms with E-state index in [9.17, 15) is 0 Å². The molecule has 0 aliphatic rings. The summed E-state index contributed by atoms with van der Waals surface area (Å²) in [5.74, 6) is 0.806. The van der Waals surface area contributed by atoms with Gasteiger partial charge in [0.25, 0.3) is 0 Å². The molecule has 10 heavy (non-hydrogen) atoms. The number of thiol groups is 1. The predicted octanol–water partition coefficient (Wildman–Crippen LogP) is 2.37. The first kappa shape index (κ1) is 10.3. The van der Waals surface area contributed by atoms with E-state index in [1.165, 1.54) is 0 Å². The van der Waals surface area contributed by atoms with E-state index in [1.54, 1.807) is 0 Å². The van der Waals surface area contributed by atoms with Crippen LogP contribution < -0.4 is 0 Å². The Kier molecular flexibility index (Phi) is 4.37. The second-order valence-corrected chi connectivity index (χ2v) is 4.05. The first-order valence-corrected chi connectivity index (χ1v) is 4.34. The molecule has 0 spiro atoms. The van der Waals surface area contributed by atoms with Gasteiger partial charge in [0.05, 0.1) is 12.7 Å². The minimum Gasteiger partial charge on any atom is -0.377 e. The van der Waals surface area contributed by atoms with E-state index < -0.39 is 0 Å². The fourth-order valence-corrected chi connectivity index (χ4v) is 0.585. The Balaban J connectivity index is 3.52. The first-order valence-electron chi connectivity index (χ1n) is 3.71. The maximum atomic E-state index is 5.48. The van der Waals surface area contributed by atoms with Gasteiger partial charge in [-0.1, -0.05) is 20.8 Å². The van der Waals surface area contributed by atoms with Gasteiger partial charge in [-0.15, -0.1) is 0 Å². The van der Waals surface area contributed by atoms with Crippen LogP contribution in [0.3, 0.4) is 0 Å². The molecule has 0 heterocycles. The van der Waals surface area contributed by atoms with Crippen molar-refractivity contribution in [2.24, 2.45) is 5.41 Å². The highest BCUT2D eigenvalue weighted by atomic mass is 32.1. The minimum atomic E-state index is 0.253.